The van der Waals surface area contributed by atoms with E-state index in [1.807, 2.05) is 0 Å². The van der Waals surface area contributed by atoms with Crippen molar-refractivity contribution < 1.29 is 14.3 Å². The smallest absolute Gasteiger partial charge is 0.337 e. The van der Waals surface area contributed by atoms with E-state index in [2.05, 4.69) is 25.3 Å². The average Bonchev–Trinajstić information content (AvgIpc) is 2.70. The monoisotopic (exact) mass is 382 g/mol. The van der Waals surface area contributed by atoms with E-state index < -0.39 is 5.97 Å². The fraction of sp³-hybridized carbons (Fsp3) is 0.0526. The number of methoxy groups -OCH3 is 1. The molecule has 0 aliphatic rings. The number of esters is 1. The lowest BCUT2D eigenvalue weighted by atomic mass is 10.2. The van der Waals surface area contributed by atoms with Gasteiger partial charge in [0.05, 0.1) is 18.2 Å². The van der Waals surface area contributed by atoms with E-state index in [0.717, 1.165) is 0 Å². The highest BCUT2D eigenvalue weighted by Crippen LogP contribution is 2.17. The predicted molar refractivity (Wildman–Crippen MR) is 103 cm³/mol. The summed E-state index contributed by atoms with van der Waals surface area (Å²) in [5, 5.41) is 6.29. The summed E-state index contributed by atoms with van der Waals surface area (Å²) >= 11 is 5.82. The van der Waals surface area contributed by atoms with Crippen molar-refractivity contribution in [2.75, 3.05) is 17.7 Å². The molecule has 0 fully saturated rings. The summed E-state index contributed by atoms with van der Waals surface area (Å²) in [5.41, 5.74) is 1.95. The van der Waals surface area contributed by atoms with Crippen LogP contribution in [0.4, 0.5) is 17.3 Å². The number of carbonyl (C=O) groups excluding carboxylic acids is 2. The summed E-state index contributed by atoms with van der Waals surface area (Å²) in [5.74, 6) is -0.481. The fourth-order valence-corrected chi connectivity index (χ4v) is 2.34. The molecule has 3 rings (SSSR count). The zero-order chi connectivity index (χ0) is 19.2. The van der Waals surface area contributed by atoms with E-state index >= 15 is 0 Å². The van der Waals surface area contributed by atoms with Gasteiger partial charge in [-0.05, 0) is 42.5 Å². The van der Waals surface area contributed by atoms with Crippen LogP contribution < -0.4 is 10.6 Å². The standard InChI is InChI=1S/C19H15ClN4O3/c1-27-18(26)12-3-2-4-16(9-12)24-19-21-10-13(11-22-19)17(25)23-15-7-5-14(20)6-8-15/h2-11H,1H3,(H,23,25)(H,21,22,24). The minimum Gasteiger partial charge on any atom is -0.465 e. The molecule has 1 amide bonds. The van der Waals surface area contributed by atoms with Gasteiger partial charge in [-0.3, -0.25) is 4.79 Å². The van der Waals surface area contributed by atoms with Crippen LogP contribution in [0.3, 0.4) is 0 Å². The molecule has 2 N–H and O–H groups in total. The number of ether oxygens (including phenoxy) is 1. The van der Waals surface area contributed by atoms with Crippen LogP contribution in [0.1, 0.15) is 20.7 Å². The van der Waals surface area contributed by atoms with Crippen molar-refractivity contribution in [1.82, 2.24) is 9.97 Å². The van der Waals surface area contributed by atoms with Crippen LogP contribution in [0.2, 0.25) is 5.02 Å². The minimum atomic E-state index is -0.436. The molecular weight excluding hydrogens is 368 g/mol. The number of hydrogen-bond acceptors (Lipinski definition) is 6. The summed E-state index contributed by atoms with van der Waals surface area (Å²) in [4.78, 5) is 32.0. The lowest BCUT2D eigenvalue weighted by molar-refractivity contribution is 0.0600. The second-order valence-corrected chi connectivity index (χ2v) is 5.89. The molecule has 0 atom stereocenters. The number of nitrogens with zero attached hydrogens (tertiary/aromatic N) is 2. The fourth-order valence-electron chi connectivity index (χ4n) is 2.22. The van der Waals surface area contributed by atoms with Gasteiger partial charge in [0.25, 0.3) is 5.91 Å². The molecule has 8 heteroatoms. The number of halogens is 1. The van der Waals surface area contributed by atoms with Gasteiger partial charge < -0.3 is 15.4 Å². The van der Waals surface area contributed by atoms with E-state index in [1.54, 1.807) is 48.5 Å². The normalized spacial score (nSPS) is 10.1. The summed E-state index contributed by atoms with van der Waals surface area (Å²) in [7, 11) is 1.32. The Bertz CT molecular complexity index is 959. The third-order valence-corrected chi connectivity index (χ3v) is 3.81. The number of aromatic nitrogens is 2. The van der Waals surface area contributed by atoms with Gasteiger partial charge in [0.2, 0.25) is 5.95 Å². The minimum absolute atomic E-state index is 0.292. The molecule has 0 spiro atoms. The molecule has 0 aliphatic heterocycles. The first kappa shape index (κ1) is 18.3. The van der Waals surface area contributed by atoms with Gasteiger partial charge >= 0.3 is 5.97 Å². The van der Waals surface area contributed by atoms with Crippen LogP contribution in [0.15, 0.2) is 60.9 Å². The topological polar surface area (TPSA) is 93.2 Å². The Morgan fingerprint density at radius 1 is 0.963 bits per heavy atom. The quantitative estimate of drug-likeness (QED) is 0.650. The molecule has 2 aromatic carbocycles. The molecule has 0 saturated heterocycles. The molecule has 27 heavy (non-hydrogen) atoms. The summed E-state index contributed by atoms with van der Waals surface area (Å²) in [6, 6.07) is 13.5. The Labute approximate surface area is 160 Å². The summed E-state index contributed by atoms with van der Waals surface area (Å²) in [6.45, 7) is 0. The molecule has 7 nitrogen and oxygen atoms in total. The number of rotatable bonds is 5. The number of hydrogen-bond donors (Lipinski definition) is 2. The van der Waals surface area contributed by atoms with E-state index in [-0.39, 0.29) is 5.91 Å². The lowest BCUT2D eigenvalue weighted by Crippen LogP contribution is -2.13. The maximum absolute atomic E-state index is 12.2. The van der Waals surface area contributed by atoms with Crippen molar-refractivity contribution >= 4 is 40.8 Å². The Hall–Kier alpha value is -3.45. The second kappa shape index (κ2) is 8.29. The van der Waals surface area contributed by atoms with E-state index in [1.165, 1.54) is 19.5 Å². The van der Waals surface area contributed by atoms with Crippen molar-refractivity contribution in [1.29, 1.82) is 0 Å². The maximum Gasteiger partial charge on any atom is 0.337 e. The number of benzene rings is 2. The third kappa shape index (κ3) is 4.80. The summed E-state index contributed by atoms with van der Waals surface area (Å²) in [6.07, 6.45) is 2.81. The van der Waals surface area contributed by atoms with Crippen molar-refractivity contribution in [3.63, 3.8) is 0 Å². The Morgan fingerprint density at radius 3 is 2.33 bits per heavy atom. The molecule has 136 valence electrons. The van der Waals surface area contributed by atoms with E-state index in [0.29, 0.717) is 33.5 Å². The van der Waals surface area contributed by atoms with Gasteiger partial charge in [0, 0.05) is 28.8 Å². The van der Waals surface area contributed by atoms with E-state index in [4.69, 9.17) is 11.6 Å². The molecule has 0 unspecified atom stereocenters. The van der Waals surface area contributed by atoms with Crippen molar-refractivity contribution in [2.45, 2.75) is 0 Å². The van der Waals surface area contributed by atoms with Crippen LogP contribution in [0.5, 0.6) is 0 Å². The Balaban J connectivity index is 1.67. The van der Waals surface area contributed by atoms with Crippen LogP contribution in [-0.4, -0.2) is 29.0 Å². The van der Waals surface area contributed by atoms with Crippen molar-refractivity contribution in [2.24, 2.45) is 0 Å². The number of carbonyl (C=O) groups is 2. The third-order valence-electron chi connectivity index (χ3n) is 3.56. The van der Waals surface area contributed by atoms with E-state index in [9.17, 15) is 9.59 Å². The average molecular weight is 383 g/mol. The van der Waals surface area contributed by atoms with Crippen LogP contribution >= 0.6 is 11.6 Å². The first-order valence-electron chi connectivity index (χ1n) is 7.89. The molecule has 3 aromatic rings. The predicted octanol–water partition coefficient (Wildman–Crippen LogP) is 3.91. The zero-order valence-corrected chi connectivity index (χ0v) is 15.0. The van der Waals surface area contributed by atoms with Gasteiger partial charge in [0.15, 0.2) is 0 Å². The molecule has 1 heterocycles. The zero-order valence-electron chi connectivity index (χ0n) is 14.3. The number of nitrogens with one attached hydrogen (secondary N) is 2. The SMILES string of the molecule is COC(=O)c1cccc(Nc2ncc(C(=O)Nc3ccc(Cl)cc3)cn2)c1. The van der Waals surface area contributed by atoms with Crippen molar-refractivity contribution in [3.05, 3.63) is 77.1 Å². The van der Waals surface area contributed by atoms with Gasteiger partial charge in [0.1, 0.15) is 0 Å². The molecule has 0 aliphatic carbocycles. The Kier molecular flexibility index (Phi) is 5.63. The summed E-state index contributed by atoms with van der Waals surface area (Å²) < 4.78 is 4.69. The highest BCUT2D eigenvalue weighted by Gasteiger charge is 2.09. The van der Waals surface area contributed by atoms with Crippen LogP contribution in [-0.2, 0) is 4.74 Å². The van der Waals surface area contributed by atoms with Crippen molar-refractivity contribution in [3.8, 4) is 0 Å². The van der Waals surface area contributed by atoms with Crippen LogP contribution in [0.25, 0.3) is 0 Å². The highest BCUT2D eigenvalue weighted by molar-refractivity contribution is 6.30. The van der Waals surface area contributed by atoms with Gasteiger partial charge in [-0.2, -0.15) is 0 Å². The number of amides is 1. The second-order valence-electron chi connectivity index (χ2n) is 5.45. The Morgan fingerprint density at radius 2 is 1.67 bits per heavy atom. The first-order valence-corrected chi connectivity index (χ1v) is 8.27. The largest absolute Gasteiger partial charge is 0.465 e. The van der Waals surface area contributed by atoms with Crippen LogP contribution in [0, 0.1) is 0 Å². The first-order chi connectivity index (χ1) is 13.0. The molecule has 0 bridgehead atoms. The maximum atomic E-state index is 12.2. The van der Waals surface area contributed by atoms with Gasteiger partial charge in [-0.15, -0.1) is 0 Å². The van der Waals surface area contributed by atoms with Gasteiger partial charge in [-0.1, -0.05) is 17.7 Å². The molecule has 0 saturated carbocycles. The molecule has 1 aromatic heterocycles. The van der Waals surface area contributed by atoms with Gasteiger partial charge in [-0.25, -0.2) is 14.8 Å². The molecular formula is C19H15ClN4O3. The highest BCUT2D eigenvalue weighted by atomic mass is 35.5. The number of anilines is 3. The lowest BCUT2D eigenvalue weighted by Gasteiger charge is -2.08. The molecule has 0 radical (unpaired) electrons.